The Morgan fingerprint density at radius 2 is 1.48 bits per heavy atom. The molecule has 0 fully saturated rings. The fraction of sp³-hybridized carbons (Fsp3) is 0.118. The average Bonchev–Trinajstić information content (AvgIpc) is 2.80. The third kappa shape index (κ3) is 2.60. The number of hydrogen-bond donors (Lipinski definition) is 0. The number of rotatable bonds is 1. The van der Waals surface area contributed by atoms with Crippen molar-refractivity contribution < 1.29 is 0 Å². The number of hydrogen-bond acceptors (Lipinski definition) is 3. The van der Waals surface area contributed by atoms with Crippen molar-refractivity contribution in [3.8, 4) is 11.3 Å². The molecule has 0 atom stereocenters. The molecular formula is C17H16N4. The summed E-state index contributed by atoms with van der Waals surface area (Å²) < 4.78 is 1.98. The number of imidazole rings is 1. The molecule has 0 bridgehead atoms. The Bertz CT molecular complexity index is 810. The maximum absolute atomic E-state index is 4.59. The molecule has 0 aliphatic rings. The normalized spacial score (nSPS) is 10.4. The van der Waals surface area contributed by atoms with Crippen LogP contribution in [0.25, 0.3) is 22.4 Å². The summed E-state index contributed by atoms with van der Waals surface area (Å²) in [6.07, 6.45) is 1.59. The van der Waals surface area contributed by atoms with E-state index in [1.54, 1.807) is 6.33 Å². The van der Waals surface area contributed by atoms with Crippen LogP contribution in [0.1, 0.15) is 5.82 Å². The lowest BCUT2D eigenvalue weighted by atomic mass is 10.1. The summed E-state index contributed by atoms with van der Waals surface area (Å²) in [5, 5.41) is 0. The van der Waals surface area contributed by atoms with E-state index in [0.717, 1.165) is 28.2 Å². The molecule has 0 amide bonds. The van der Waals surface area contributed by atoms with Crippen LogP contribution in [0.4, 0.5) is 0 Å². The molecule has 0 spiro atoms. The largest absolute Gasteiger partial charge is 0.316 e. The molecule has 4 heteroatoms. The van der Waals surface area contributed by atoms with E-state index in [-0.39, 0.29) is 0 Å². The highest BCUT2D eigenvalue weighted by molar-refractivity contribution is 5.87. The van der Waals surface area contributed by atoms with Gasteiger partial charge in [0.2, 0.25) is 0 Å². The Morgan fingerprint density at radius 1 is 0.857 bits per heavy atom. The van der Waals surface area contributed by atoms with Crippen LogP contribution in [0, 0.1) is 6.92 Å². The predicted octanol–water partition coefficient (Wildman–Crippen LogP) is 3.46. The van der Waals surface area contributed by atoms with E-state index in [9.17, 15) is 0 Å². The first-order valence-corrected chi connectivity index (χ1v) is 6.80. The van der Waals surface area contributed by atoms with Gasteiger partial charge in [0.05, 0.1) is 0 Å². The number of aromatic nitrogens is 4. The summed E-state index contributed by atoms with van der Waals surface area (Å²) in [5.41, 5.74) is 3.54. The van der Waals surface area contributed by atoms with E-state index in [1.807, 2.05) is 73.1 Å². The number of fused-ring (bicyclic) bond motifs is 1. The van der Waals surface area contributed by atoms with Gasteiger partial charge in [-0.2, -0.15) is 0 Å². The average molecular weight is 276 g/mol. The minimum Gasteiger partial charge on any atom is -0.316 e. The van der Waals surface area contributed by atoms with Crippen LogP contribution in [0.2, 0.25) is 0 Å². The fourth-order valence-corrected chi connectivity index (χ4v) is 2.17. The van der Waals surface area contributed by atoms with Crippen molar-refractivity contribution in [1.29, 1.82) is 0 Å². The lowest BCUT2D eigenvalue weighted by molar-refractivity contribution is 0.873. The summed E-state index contributed by atoms with van der Waals surface area (Å²) in [5.74, 6) is 0.926. The van der Waals surface area contributed by atoms with E-state index in [1.165, 1.54) is 0 Å². The summed E-state index contributed by atoms with van der Waals surface area (Å²) in [6.45, 7) is 1.97. The standard InChI is InChI=1S/C17H16N4/c1-13-20-16-15(18-12-19-17(16)21(13)2)14-10-8-6-4-3-5-7-9-11-14/h3-12H,1-2H3. The second-order valence-electron chi connectivity index (χ2n) is 4.75. The molecule has 0 saturated heterocycles. The quantitative estimate of drug-likeness (QED) is 0.683. The smallest absolute Gasteiger partial charge is 0.163 e. The van der Waals surface area contributed by atoms with Gasteiger partial charge in [-0.05, 0) is 6.92 Å². The highest BCUT2D eigenvalue weighted by Gasteiger charge is 2.11. The van der Waals surface area contributed by atoms with E-state index in [4.69, 9.17) is 0 Å². The van der Waals surface area contributed by atoms with Crippen LogP contribution in [-0.4, -0.2) is 19.5 Å². The second kappa shape index (κ2) is 5.71. The Morgan fingerprint density at radius 3 is 2.14 bits per heavy atom. The van der Waals surface area contributed by atoms with E-state index in [2.05, 4.69) is 15.0 Å². The first-order valence-electron chi connectivity index (χ1n) is 6.80. The van der Waals surface area contributed by atoms with Crippen molar-refractivity contribution >= 4 is 11.2 Å². The van der Waals surface area contributed by atoms with Gasteiger partial charge < -0.3 is 4.57 Å². The Hall–Kier alpha value is -2.75. The molecule has 3 aromatic rings. The highest BCUT2D eigenvalue weighted by atomic mass is 15.1. The topological polar surface area (TPSA) is 43.6 Å². The Labute approximate surface area is 123 Å². The maximum Gasteiger partial charge on any atom is 0.163 e. The summed E-state index contributed by atoms with van der Waals surface area (Å²) in [4.78, 5) is 13.3. The third-order valence-electron chi connectivity index (χ3n) is 3.37. The van der Waals surface area contributed by atoms with Crippen LogP contribution < -0.4 is 0 Å². The third-order valence-corrected chi connectivity index (χ3v) is 3.37. The second-order valence-corrected chi connectivity index (χ2v) is 4.75. The fourth-order valence-electron chi connectivity index (χ4n) is 2.17. The molecule has 0 aliphatic heterocycles. The molecule has 1 aromatic carbocycles. The Kier molecular flexibility index (Phi) is 3.60. The lowest BCUT2D eigenvalue weighted by Gasteiger charge is -2.00. The lowest BCUT2D eigenvalue weighted by Crippen LogP contribution is -1.93. The molecule has 2 aromatic heterocycles. The van der Waals surface area contributed by atoms with Crippen LogP contribution in [-0.2, 0) is 7.05 Å². The zero-order valence-corrected chi connectivity index (χ0v) is 12.1. The minimum absolute atomic E-state index is 0.832. The highest BCUT2D eigenvalue weighted by Crippen LogP contribution is 2.23. The van der Waals surface area contributed by atoms with Crippen LogP contribution in [0.5, 0.6) is 0 Å². The van der Waals surface area contributed by atoms with Crippen molar-refractivity contribution in [2.75, 3.05) is 0 Å². The van der Waals surface area contributed by atoms with Crippen molar-refractivity contribution in [2.45, 2.75) is 6.92 Å². The molecule has 21 heavy (non-hydrogen) atoms. The molecule has 0 N–H and O–H groups in total. The molecule has 4 nitrogen and oxygen atoms in total. The van der Waals surface area contributed by atoms with Crippen LogP contribution >= 0.6 is 0 Å². The maximum atomic E-state index is 4.59. The van der Waals surface area contributed by atoms with Gasteiger partial charge in [0, 0.05) is 12.6 Å². The van der Waals surface area contributed by atoms with Gasteiger partial charge in [0.25, 0.3) is 0 Å². The number of aryl methyl sites for hydroxylation is 2. The zero-order chi connectivity index (χ0) is 14.7. The monoisotopic (exact) mass is 276 g/mol. The van der Waals surface area contributed by atoms with Gasteiger partial charge in [-0.3, -0.25) is 0 Å². The first kappa shape index (κ1) is 13.2. The van der Waals surface area contributed by atoms with Crippen molar-refractivity contribution in [1.82, 2.24) is 19.5 Å². The first-order chi connectivity index (χ1) is 10.3. The van der Waals surface area contributed by atoms with Crippen molar-refractivity contribution in [3.63, 3.8) is 0 Å². The van der Waals surface area contributed by atoms with Crippen LogP contribution in [0.15, 0.2) is 60.9 Å². The van der Waals surface area contributed by atoms with Gasteiger partial charge in [-0.15, -0.1) is 0 Å². The number of nitrogens with zero attached hydrogens (tertiary/aromatic N) is 4. The molecule has 0 aliphatic carbocycles. The predicted molar refractivity (Wildman–Crippen MR) is 84.1 cm³/mol. The van der Waals surface area contributed by atoms with Gasteiger partial charge in [-0.1, -0.05) is 54.6 Å². The van der Waals surface area contributed by atoms with Gasteiger partial charge >= 0.3 is 0 Å². The Balaban J connectivity index is 2.28. The van der Waals surface area contributed by atoms with E-state index in [0.29, 0.717) is 0 Å². The molecule has 0 saturated carbocycles. The minimum atomic E-state index is 0.832. The van der Waals surface area contributed by atoms with E-state index < -0.39 is 0 Å². The van der Waals surface area contributed by atoms with Crippen molar-refractivity contribution in [3.05, 3.63) is 66.7 Å². The van der Waals surface area contributed by atoms with Gasteiger partial charge in [0.15, 0.2) is 5.65 Å². The molecule has 0 radical (unpaired) electrons. The molecular weight excluding hydrogens is 260 g/mol. The zero-order valence-electron chi connectivity index (χ0n) is 12.1. The van der Waals surface area contributed by atoms with Crippen LogP contribution in [0.3, 0.4) is 0 Å². The summed E-state index contributed by atoms with van der Waals surface area (Å²) >= 11 is 0. The molecule has 3 rings (SSSR count). The van der Waals surface area contributed by atoms with Crippen molar-refractivity contribution in [2.24, 2.45) is 7.05 Å². The summed E-state index contributed by atoms with van der Waals surface area (Å²) in [7, 11) is 1.96. The van der Waals surface area contributed by atoms with Gasteiger partial charge in [-0.25, -0.2) is 15.0 Å². The molecule has 2 heterocycles. The van der Waals surface area contributed by atoms with Gasteiger partial charge in [0.1, 0.15) is 23.4 Å². The molecule has 104 valence electrons. The van der Waals surface area contributed by atoms with E-state index >= 15 is 0 Å². The SMILES string of the molecule is Cc1nc2c(-c3ccccccccc3)ncnc2n1C. The molecule has 0 unspecified atom stereocenters. The summed E-state index contributed by atoms with van der Waals surface area (Å²) in [6, 6.07) is 18.0.